The van der Waals surface area contributed by atoms with Crippen LogP contribution in [0, 0.1) is 0 Å². The molecule has 1 aromatic rings. The van der Waals surface area contributed by atoms with Crippen LogP contribution in [0.4, 0.5) is 0 Å². The molecule has 0 spiro atoms. The van der Waals surface area contributed by atoms with Gasteiger partial charge in [-0.2, -0.15) is 0 Å². The van der Waals surface area contributed by atoms with Crippen LogP contribution in [0.25, 0.3) is 0 Å². The molecular weight excluding hydrogens is 224 g/mol. The molecule has 1 aliphatic rings. The second-order valence-electron chi connectivity index (χ2n) is 3.87. The Morgan fingerprint density at radius 1 is 1.29 bits per heavy atom. The first-order valence-corrected chi connectivity index (χ1v) is 5.34. The van der Waals surface area contributed by atoms with Gasteiger partial charge in [-0.05, 0) is 5.56 Å². The molecule has 5 nitrogen and oxygen atoms in total. The number of hydrogen-bond acceptors (Lipinski definition) is 5. The number of ketones is 1. The lowest BCUT2D eigenvalue weighted by Gasteiger charge is -2.31. The molecule has 0 saturated carbocycles. The van der Waals surface area contributed by atoms with Crippen LogP contribution in [-0.2, 0) is 20.9 Å². The van der Waals surface area contributed by atoms with Gasteiger partial charge in [-0.25, -0.2) is 0 Å². The molecule has 1 fully saturated rings. The summed E-state index contributed by atoms with van der Waals surface area (Å²) in [5.41, 5.74) is 0.893. The highest BCUT2D eigenvalue weighted by molar-refractivity contribution is 5.85. The number of carbonyl (C=O) groups is 1. The van der Waals surface area contributed by atoms with Crippen molar-refractivity contribution in [2.24, 2.45) is 0 Å². The van der Waals surface area contributed by atoms with E-state index in [9.17, 15) is 15.0 Å². The van der Waals surface area contributed by atoms with Gasteiger partial charge < -0.3 is 19.7 Å². The van der Waals surface area contributed by atoms with Crippen molar-refractivity contribution in [3.05, 3.63) is 35.9 Å². The second-order valence-corrected chi connectivity index (χ2v) is 3.87. The van der Waals surface area contributed by atoms with Crippen molar-refractivity contribution in [3.8, 4) is 0 Å². The van der Waals surface area contributed by atoms with E-state index >= 15 is 0 Å². The molecule has 5 heteroatoms. The summed E-state index contributed by atoms with van der Waals surface area (Å²) in [5.74, 6) is -0.478. The largest absolute Gasteiger partial charge is 0.382 e. The first-order chi connectivity index (χ1) is 8.18. The van der Waals surface area contributed by atoms with Crippen molar-refractivity contribution < 1.29 is 24.5 Å². The van der Waals surface area contributed by atoms with Crippen LogP contribution in [-0.4, -0.2) is 41.1 Å². The summed E-state index contributed by atoms with van der Waals surface area (Å²) in [6, 6.07) is 9.29. The van der Waals surface area contributed by atoms with Gasteiger partial charge in [0.05, 0.1) is 6.61 Å². The van der Waals surface area contributed by atoms with Crippen molar-refractivity contribution in [3.63, 3.8) is 0 Å². The predicted molar refractivity (Wildman–Crippen MR) is 58.0 cm³/mol. The molecule has 0 bridgehead atoms. The Balaban J connectivity index is 1.95. The minimum Gasteiger partial charge on any atom is -0.382 e. The van der Waals surface area contributed by atoms with E-state index < -0.39 is 24.3 Å². The highest BCUT2D eigenvalue weighted by atomic mass is 16.6. The third-order valence-electron chi connectivity index (χ3n) is 2.60. The average molecular weight is 238 g/mol. The maximum atomic E-state index is 11.2. The Kier molecular flexibility index (Phi) is 3.86. The van der Waals surface area contributed by atoms with E-state index in [-0.39, 0.29) is 13.2 Å². The first-order valence-electron chi connectivity index (χ1n) is 5.34. The molecule has 2 N–H and O–H groups in total. The van der Waals surface area contributed by atoms with Crippen LogP contribution < -0.4 is 0 Å². The minimum absolute atomic E-state index is 0.205. The topological polar surface area (TPSA) is 76.0 Å². The highest BCUT2D eigenvalue weighted by Gasteiger charge is 2.38. The van der Waals surface area contributed by atoms with Crippen molar-refractivity contribution in [1.29, 1.82) is 0 Å². The molecular formula is C12H14O5. The summed E-state index contributed by atoms with van der Waals surface area (Å²) in [5, 5.41) is 19.0. The van der Waals surface area contributed by atoms with Crippen LogP contribution in [0.15, 0.2) is 30.3 Å². The van der Waals surface area contributed by atoms with Gasteiger partial charge in [0.2, 0.25) is 0 Å². The molecule has 92 valence electrons. The highest BCUT2D eigenvalue weighted by Crippen LogP contribution is 2.16. The Labute approximate surface area is 98.6 Å². The molecule has 0 aromatic heterocycles. The van der Waals surface area contributed by atoms with E-state index in [4.69, 9.17) is 9.47 Å². The van der Waals surface area contributed by atoms with Gasteiger partial charge in [0.25, 0.3) is 0 Å². The lowest BCUT2D eigenvalue weighted by Crippen LogP contribution is -2.51. The fourth-order valence-corrected chi connectivity index (χ4v) is 1.63. The smallest absolute Gasteiger partial charge is 0.189 e. The van der Waals surface area contributed by atoms with Gasteiger partial charge in [0, 0.05) is 0 Å². The molecule has 2 rings (SSSR count). The van der Waals surface area contributed by atoms with Crippen LogP contribution in [0.1, 0.15) is 5.56 Å². The van der Waals surface area contributed by atoms with Gasteiger partial charge in [0.15, 0.2) is 12.1 Å². The van der Waals surface area contributed by atoms with Crippen molar-refractivity contribution in [1.82, 2.24) is 0 Å². The normalized spacial score (nSPS) is 29.3. The lowest BCUT2D eigenvalue weighted by molar-refractivity contribution is -0.230. The van der Waals surface area contributed by atoms with E-state index in [0.717, 1.165) is 5.56 Å². The van der Waals surface area contributed by atoms with Crippen LogP contribution in [0.5, 0.6) is 0 Å². The molecule has 1 saturated heterocycles. The zero-order chi connectivity index (χ0) is 12.3. The molecule has 1 aromatic carbocycles. The Bertz CT molecular complexity index is 378. The SMILES string of the molecule is O=C1CO[C@H](O)[C@H](OCc2ccccc2)[C@H]1O. The molecule has 3 atom stereocenters. The Hall–Kier alpha value is -1.27. The summed E-state index contributed by atoms with van der Waals surface area (Å²) >= 11 is 0. The molecule has 0 radical (unpaired) electrons. The maximum Gasteiger partial charge on any atom is 0.189 e. The molecule has 1 heterocycles. The number of aliphatic hydroxyl groups is 2. The van der Waals surface area contributed by atoms with E-state index in [2.05, 4.69) is 0 Å². The first kappa shape index (κ1) is 12.2. The summed E-state index contributed by atoms with van der Waals surface area (Å²) in [7, 11) is 0. The van der Waals surface area contributed by atoms with Gasteiger partial charge in [0.1, 0.15) is 18.8 Å². The van der Waals surface area contributed by atoms with E-state index in [0.29, 0.717) is 0 Å². The van der Waals surface area contributed by atoms with E-state index in [1.165, 1.54) is 0 Å². The molecule has 0 amide bonds. The van der Waals surface area contributed by atoms with E-state index in [1.54, 1.807) is 0 Å². The van der Waals surface area contributed by atoms with Crippen LogP contribution in [0.3, 0.4) is 0 Å². The van der Waals surface area contributed by atoms with Gasteiger partial charge in [-0.15, -0.1) is 0 Å². The third kappa shape index (κ3) is 2.89. The third-order valence-corrected chi connectivity index (χ3v) is 2.60. The number of aliphatic hydroxyl groups excluding tert-OH is 2. The van der Waals surface area contributed by atoms with Crippen molar-refractivity contribution in [2.45, 2.75) is 25.1 Å². The molecule has 17 heavy (non-hydrogen) atoms. The maximum absolute atomic E-state index is 11.2. The van der Waals surface area contributed by atoms with Crippen molar-refractivity contribution in [2.75, 3.05) is 6.61 Å². The fraction of sp³-hybridized carbons (Fsp3) is 0.417. The predicted octanol–water partition coefficient (Wildman–Crippen LogP) is -0.150. The van der Waals surface area contributed by atoms with Crippen LogP contribution >= 0.6 is 0 Å². The lowest BCUT2D eigenvalue weighted by atomic mass is 10.1. The molecule has 0 aliphatic carbocycles. The number of Topliss-reactive ketones (excluding diaryl/α,β-unsaturated/α-hetero) is 1. The second kappa shape index (κ2) is 5.37. The minimum atomic E-state index is -1.33. The van der Waals surface area contributed by atoms with Gasteiger partial charge in [-0.1, -0.05) is 30.3 Å². The monoisotopic (exact) mass is 238 g/mol. The summed E-state index contributed by atoms with van der Waals surface area (Å²) in [6.45, 7) is -0.0796. The van der Waals surface area contributed by atoms with E-state index in [1.807, 2.05) is 30.3 Å². The van der Waals surface area contributed by atoms with Crippen LogP contribution in [0.2, 0.25) is 0 Å². The van der Waals surface area contributed by atoms with Gasteiger partial charge in [-0.3, -0.25) is 4.79 Å². The number of rotatable bonds is 3. The molecule has 1 aliphatic heterocycles. The zero-order valence-electron chi connectivity index (χ0n) is 9.15. The van der Waals surface area contributed by atoms with Gasteiger partial charge >= 0.3 is 0 Å². The quantitative estimate of drug-likeness (QED) is 0.766. The number of benzene rings is 1. The zero-order valence-corrected chi connectivity index (χ0v) is 9.15. The van der Waals surface area contributed by atoms with Crippen molar-refractivity contribution >= 4 is 5.78 Å². The number of ether oxygens (including phenoxy) is 2. The number of carbonyl (C=O) groups excluding carboxylic acids is 1. The standard InChI is InChI=1S/C12H14O5/c13-9-7-17-12(15)11(10(9)14)16-6-8-4-2-1-3-5-8/h1-5,10-12,14-15H,6-7H2/t10-,11+,12-/m0/s1. The average Bonchev–Trinajstić information content (AvgIpc) is 2.35. The summed E-state index contributed by atoms with van der Waals surface area (Å²) in [4.78, 5) is 11.2. The molecule has 0 unspecified atom stereocenters. The summed E-state index contributed by atoms with van der Waals surface area (Å²) < 4.78 is 10.1. The number of hydrogen-bond donors (Lipinski definition) is 2. The fourth-order valence-electron chi connectivity index (χ4n) is 1.63. The Morgan fingerprint density at radius 3 is 2.71 bits per heavy atom. The Morgan fingerprint density at radius 2 is 2.00 bits per heavy atom. The summed E-state index contributed by atoms with van der Waals surface area (Å²) in [6.07, 6.45) is -3.63.